The van der Waals surface area contributed by atoms with Crippen molar-refractivity contribution in [1.82, 2.24) is 9.78 Å². The standard InChI is InChI=1S/C27H22N2O7/c1-33-20-13-11-18(12-14-20)25(30)36-21-15-9-17(10-16-21)23-22(26(31)34-2)24(27(32)35-3)29(28-23)19-7-5-4-6-8-19/h4-16H,1-3H3. The van der Waals surface area contributed by atoms with E-state index in [9.17, 15) is 14.4 Å². The molecular formula is C27H22N2O7. The zero-order valence-corrected chi connectivity index (χ0v) is 19.8. The molecule has 0 N–H and O–H groups in total. The van der Waals surface area contributed by atoms with Crippen LogP contribution in [0, 0.1) is 0 Å². The molecule has 4 aromatic rings. The average Bonchev–Trinajstić information content (AvgIpc) is 3.34. The lowest BCUT2D eigenvalue weighted by Crippen LogP contribution is -2.15. The van der Waals surface area contributed by atoms with E-state index in [2.05, 4.69) is 5.10 Å². The van der Waals surface area contributed by atoms with Crippen LogP contribution in [0.1, 0.15) is 31.2 Å². The van der Waals surface area contributed by atoms with Crippen molar-refractivity contribution in [1.29, 1.82) is 0 Å². The number of benzene rings is 3. The third-order valence-corrected chi connectivity index (χ3v) is 5.32. The molecule has 182 valence electrons. The number of carbonyl (C=O) groups is 3. The summed E-state index contributed by atoms with van der Waals surface area (Å²) in [4.78, 5) is 37.9. The second-order valence-corrected chi connectivity index (χ2v) is 7.45. The molecular weight excluding hydrogens is 464 g/mol. The Morgan fingerprint density at radius 1 is 0.694 bits per heavy atom. The van der Waals surface area contributed by atoms with Gasteiger partial charge >= 0.3 is 17.9 Å². The summed E-state index contributed by atoms with van der Waals surface area (Å²) in [5.74, 6) is -1.12. The number of ether oxygens (including phenoxy) is 4. The summed E-state index contributed by atoms with van der Waals surface area (Å²) in [6, 6.07) is 21.8. The third-order valence-electron chi connectivity index (χ3n) is 5.32. The molecule has 4 rings (SSSR count). The largest absolute Gasteiger partial charge is 0.497 e. The van der Waals surface area contributed by atoms with Gasteiger partial charge in [-0.05, 0) is 60.7 Å². The van der Waals surface area contributed by atoms with E-state index in [-0.39, 0.29) is 22.7 Å². The number of para-hydroxylation sites is 1. The van der Waals surface area contributed by atoms with Crippen molar-refractivity contribution in [3.05, 3.63) is 95.7 Å². The highest BCUT2D eigenvalue weighted by Gasteiger charge is 2.31. The van der Waals surface area contributed by atoms with Crippen molar-refractivity contribution in [3.8, 4) is 28.4 Å². The summed E-state index contributed by atoms with van der Waals surface area (Å²) < 4.78 is 21.8. The Morgan fingerprint density at radius 2 is 1.31 bits per heavy atom. The zero-order chi connectivity index (χ0) is 25.7. The molecule has 0 radical (unpaired) electrons. The fourth-order valence-electron chi connectivity index (χ4n) is 3.53. The lowest BCUT2D eigenvalue weighted by atomic mass is 10.1. The van der Waals surface area contributed by atoms with Gasteiger partial charge in [0.25, 0.3) is 0 Å². The maximum Gasteiger partial charge on any atom is 0.357 e. The quantitative estimate of drug-likeness (QED) is 0.281. The molecule has 0 saturated carbocycles. The molecule has 0 atom stereocenters. The van der Waals surface area contributed by atoms with Gasteiger partial charge in [-0.2, -0.15) is 5.10 Å². The summed E-state index contributed by atoms with van der Waals surface area (Å²) in [5.41, 5.74) is 1.51. The summed E-state index contributed by atoms with van der Waals surface area (Å²) in [5, 5.41) is 4.54. The Labute approximate surface area is 206 Å². The van der Waals surface area contributed by atoms with Gasteiger partial charge in [-0.15, -0.1) is 0 Å². The minimum Gasteiger partial charge on any atom is -0.497 e. The number of hydrogen-bond donors (Lipinski definition) is 0. The normalized spacial score (nSPS) is 10.4. The number of carbonyl (C=O) groups excluding carboxylic acids is 3. The first-order valence-electron chi connectivity index (χ1n) is 10.8. The first kappa shape index (κ1) is 24.2. The molecule has 3 aromatic carbocycles. The van der Waals surface area contributed by atoms with Crippen LogP contribution in [-0.4, -0.2) is 49.0 Å². The van der Waals surface area contributed by atoms with Crippen LogP contribution in [0.4, 0.5) is 0 Å². The number of aromatic nitrogens is 2. The van der Waals surface area contributed by atoms with Gasteiger partial charge in [-0.3, -0.25) is 0 Å². The minimum atomic E-state index is -0.748. The van der Waals surface area contributed by atoms with Crippen molar-refractivity contribution in [3.63, 3.8) is 0 Å². The average molecular weight is 486 g/mol. The van der Waals surface area contributed by atoms with Gasteiger partial charge in [-0.25, -0.2) is 19.1 Å². The van der Waals surface area contributed by atoms with Crippen molar-refractivity contribution < 1.29 is 33.3 Å². The number of methoxy groups -OCH3 is 3. The van der Waals surface area contributed by atoms with Crippen LogP contribution in [-0.2, 0) is 9.47 Å². The van der Waals surface area contributed by atoms with Gasteiger partial charge in [0.15, 0.2) is 5.69 Å². The molecule has 0 unspecified atom stereocenters. The first-order valence-corrected chi connectivity index (χ1v) is 10.8. The lowest BCUT2D eigenvalue weighted by Gasteiger charge is -2.07. The molecule has 0 aliphatic heterocycles. The monoisotopic (exact) mass is 486 g/mol. The highest BCUT2D eigenvalue weighted by Crippen LogP contribution is 2.30. The van der Waals surface area contributed by atoms with Crippen LogP contribution < -0.4 is 9.47 Å². The van der Waals surface area contributed by atoms with Gasteiger partial charge in [0, 0.05) is 5.56 Å². The van der Waals surface area contributed by atoms with E-state index in [1.165, 1.54) is 26.0 Å². The highest BCUT2D eigenvalue weighted by atomic mass is 16.5. The molecule has 0 bridgehead atoms. The molecule has 0 aliphatic rings. The van der Waals surface area contributed by atoms with E-state index in [0.717, 1.165) is 0 Å². The maximum absolute atomic E-state index is 12.7. The number of esters is 3. The van der Waals surface area contributed by atoms with E-state index in [0.29, 0.717) is 22.6 Å². The fourth-order valence-corrected chi connectivity index (χ4v) is 3.53. The first-order chi connectivity index (χ1) is 17.5. The molecule has 0 spiro atoms. The van der Waals surface area contributed by atoms with Crippen LogP contribution in [0.25, 0.3) is 16.9 Å². The topological polar surface area (TPSA) is 106 Å². The Balaban J connectivity index is 1.71. The number of rotatable bonds is 7. The highest BCUT2D eigenvalue weighted by molar-refractivity contribution is 6.06. The fraction of sp³-hybridized carbons (Fsp3) is 0.111. The van der Waals surface area contributed by atoms with Crippen molar-refractivity contribution >= 4 is 17.9 Å². The smallest absolute Gasteiger partial charge is 0.357 e. The Kier molecular flexibility index (Phi) is 7.10. The Bertz CT molecular complexity index is 1390. The second-order valence-electron chi connectivity index (χ2n) is 7.45. The molecule has 0 amide bonds. The molecule has 0 saturated heterocycles. The zero-order valence-electron chi connectivity index (χ0n) is 19.8. The van der Waals surface area contributed by atoms with E-state index < -0.39 is 17.9 Å². The molecule has 0 aliphatic carbocycles. The van der Waals surface area contributed by atoms with E-state index in [1.54, 1.807) is 72.8 Å². The number of hydrogen-bond acceptors (Lipinski definition) is 8. The molecule has 1 heterocycles. The molecule has 0 fully saturated rings. The van der Waals surface area contributed by atoms with Crippen LogP contribution in [0.15, 0.2) is 78.9 Å². The molecule has 36 heavy (non-hydrogen) atoms. The van der Waals surface area contributed by atoms with Crippen molar-refractivity contribution in [2.75, 3.05) is 21.3 Å². The van der Waals surface area contributed by atoms with Gasteiger partial charge in [0.1, 0.15) is 22.8 Å². The maximum atomic E-state index is 12.7. The number of nitrogens with zero attached hydrogens (tertiary/aromatic N) is 2. The van der Waals surface area contributed by atoms with Gasteiger partial charge in [0.2, 0.25) is 0 Å². The lowest BCUT2D eigenvalue weighted by molar-refractivity contribution is 0.0549. The summed E-state index contributed by atoms with van der Waals surface area (Å²) in [6.45, 7) is 0. The third kappa shape index (κ3) is 4.80. The Hall–Kier alpha value is -4.92. The van der Waals surface area contributed by atoms with E-state index >= 15 is 0 Å². The molecule has 9 nitrogen and oxygen atoms in total. The van der Waals surface area contributed by atoms with Crippen LogP contribution in [0.3, 0.4) is 0 Å². The second kappa shape index (κ2) is 10.6. The SMILES string of the molecule is COC(=O)c1c(-c2ccc(OC(=O)c3ccc(OC)cc3)cc2)nn(-c2ccccc2)c1C(=O)OC. The summed E-state index contributed by atoms with van der Waals surface area (Å²) in [6.07, 6.45) is 0. The van der Waals surface area contributed by atoms with Gasteiger partial charge in [0.05, 0.1) is 32.6 Å². The summed E-state index contributed by atoms with van der Waals surface area (Å²) >= 11 is 0. The van der Waals surface area contributed by atoms with Crippen molar-refractivity contribution in [2.45, 2.75) is 0 Å². The minimum absolute atomic E-state index is 0.0452. The van der Waals surface area contributed by atoms with E-state index in [1.807, 2.05) is 6.07 Å². The Morgan fingerprint density at radius 3 is 1.89 bits per heavy atom. The summed E-state index contributed by atoms with van der Waals surface area (Å²) in [7, 11) is 3.98. The molecule has 9 heteroatoms. The van der Waals surface area contributed by atoms with E-state index in [4.69, 9.17) is 18.9 Å². The van der Waals surface area contributed by atoms with Crippen LogP contribution in [0.2, 0.25) is 0 Å². The molecule has 1 aromatic heterocycles. The van der Waals surface area contributed by atoms with Crippen LogP contribution in [0.5, 0.6) is 11.5 Å². The predicted octanol–water partition coefficient (Wildman–Crippen LogP) is 4.34. The van der Waals surface area contributed by atoms with Crippen molar-refractivity contribution in [2.24, 2.45) is 0 Å². The predicted molar refractivity (Wildman–Crippen MR) is 130 cm³/mol. The van der Waals surface area contributed by atoms with Gasteiger partial charge < -0.3 is 18.9 Å². The van der Waals surface area contributed by atoms with Crippen LogP contribution >= 0.6 is 0 Å². The van der Waals surface area contributed by atoms with Gasteiger partial charge in [-0.1, -0.05) is 18.2 Å².